The number of rotatable bonds is 6. The Bertz CT molecular complexity index is 1160. The second kappa shape index (κ2) is 7.40. The SMILES string of the molecule is CCCn1c(=O)n(C)c(=O)c2c(Sc3nc(C4CC4)ns3)nc(C(C)C)nc21. The minimum Gasteiger partial charge on any atom is -0.277 e. The first-order chi connectivity index (χ1) is 13.4. The average molecular weight is 419 g/mol. The minimum absolute atomic E-state index is 0.0643. The number of aryl methyl sites for hydroxylation is 1. The normalized spacial score (nSPS) is 14.3. The van der Waals surface area contributed by atoms with E-state index in [4.69, 9.17) is 0 Å². The summed E-state index contributed by atoms with van der Waals surface area (Å²) in [5.41, 5.74) is -0.323. The van der Waals surface area contributed by atoms with Gasteiger partial charge in [0.15, 0.2) is 9.99 Å². The first kappa shape index (κ1) is 19.3. The van der Waals surface area contributed by atoms with E-state index < -0.39 is 0 Å². The molecule has 0 saturated heterocycles. The van der Waals surface area contributed by atoms with Gasteiger partial charge in [-0.15, -0.1) is 0 Å². The lowest BCUT2D eigenvalue weighted by Gasteiger charge is -2.14. The van der Waals surface area contributed by atoms with Gasteiger partial charge < -0.3 is 0 Å². The second-order valence-corrected chi connectivity index (χ2v) is 9.32. The Morgan fingerprint density at radius 3 is 2.61 bits per heavy atom. The lowest BCUT2D eigenvalue weighted by Crippen LogP contribution is -2.39. The maximum atomic E-state index is 12.9. The minimum atomic E-state index is -0.378. The Morgan fingerprint density at radius 2 is 1.96 bits per heavy atom. The van der Waals surface area contributed by atoms with Crippen LogP contribution in [0.1, 0.15) is 63.5 Å². The molecule has 0 unspecified atom stereocenters. The third-order valence-electron chi connectivity index (χ3n) is 4.68. The molecule has 10 heteroatoms. The molecule has 148 valence electrons. The van der Waals surface area contributed by atoms with Crippen LogP contribution in [0.15, 0.2) is 19.0 Å². The third-order valence-corrected chi connectivity index (χ3v) is 6.43. The monoisotopic (exact) mass is 418 g/mol. The molecule has 3 aromatic rings. The van der Waals surface area contributed by atoms with Gasteiger partial charge in [-0.3, -0.25) is 13.9 Å². The number of hydrogen-bond donors (Lipinski definition) is 0. The Labute approximate surface area is 170 Å². The van der Waals surface area contributed by atoms with E-state index in [0.717, 1.165) is 34.0 Å². The molecule has 0 aromatic carbocycles. The first-order valence-corrected chi connectivity index (χ1v) is 11.0. The summed E-state index contributed by atoms with van der Waals surface area (Å²) in [5, 5.41) is 0.908. The predicted molar refractivity (Wildman–Crippen MR) is 109 cm³/mol. The van der Waals surface area contributed by atoms with Gasteiger partial charge in [0.25, 0.3) is 5.56 Å². The molecule has 0 atom stereocenters. The zero-order valence-electron chi connectivity index (χ0n) is 16.3. The van der Waals surface area contributed by atoms with Gasteiger partial charge in [0.2, 0.25) is 0 Å². The van der Waals surface area contributed by atoms with Crippen LogP contribution in [0.5, 0.6) is 0 Å². The Kier molecular flexibility index (Phi) is 5.09. The summed E-state index contributed by atoms with van der Waals surface area (Å²) in [5.74, 6) is 2.03. The van der Waals surface area contributed by atoms with Crippen LogP contribution >= 0.6 is 23.3 Å². The van der Waals surface area contributed by atoms with Gasteiger partial charge in [0.1, 0.15) is 22.1 Å². The van der Waals surface area contributed by atoms with Crippen LogP contribution in [0.3, 0.4) is 0 Å². The van der Waals surface area contributed by atoms with E-state index in [1.807, 2.05) is 20.8 Å². The molecule has 0 aliphatic heterocycles. The van der Waals surface area contributed by atoms with Crippen LogP contribution in [-0.4, -0.2) is 28.5 Å². The molecule has 0 bridgehead atoms. The summed E-state index contributed by atoms with van der Waals surface area (Å²) in [6.07, 6.45) is 3.04. The summed E-state index contributed by atoms with van der Waals surface area (Å²) in [7, 11) is 1.50. The van der Waals surface area contributed by atoms with Gasteiger partial charge in [-0.1, -0.05) is 20.8 Å². The Morgan fingerprint density at radius 1 is 1.21 bits per heavy atom. The maximum Gasteiger partial charge on any atom is 0.332 e. The highest BCUT2D eigenvalue weighted by Crippen LogP contribution is 2.41. The average Bonchev–Trinajstić information content (AvgIpc) is 3.42. The molecular weight excluding hydrogens is 396 g/mol. The molecule has 3 heterocycles. The molecule has 0 spiro atoms. The highest BCUT2D eigenvalue weighted by atomic mass is 32.2. The van der Waals surface area contributed by atoms with Crippen LogP contribution in [0.2, 0.25) is 0 Å². The van der Waals surface area contributed by atoms with Gasteiger partial charge in [0.05, 0.1) is 0 Å². The molecular formula is C18H22N6O2S2. The van der Waals surface area contributed by atoms with E-state index in [1.54, 1.807) is 4.57 Å². The van der Waals surface area contributed by atoms with Crippen molar-refractivity contribution in [3.05, 3.63) is 32.5 Å². The van der Waals surface area contributed by atoms with E-state index in [9.17, 15) is 9.59 Å². The smallest absolute Gasteiger partial charge is 0.277 e. The zero-order valence-corrected chi connectivity index (χ0v) is 17.9. The number of aromatic nitrogens is 6. The number of hydrogen-bond acceptors (Lipinski definition) is 8. The molecule has 0 radical (unpaired) electrons. The van der Waals surface area contributed by atoms with E-state index in [2.05, 4.69) is 19.3 Å². The number of nitrogens with zero attached hydrogens (tertiary/aromatic N) is 6. The lowest BCUT2D eigenvalue weighted by atomic mass is 10.2. The van der Waals surface area contributed by atoms with Crippen molar-refractivity contribution in [2.24, 2.45) is 7.05 Å². The van der Waals surface area contributed by atoms with Crippen molar-refractivity contribution in [3.8, 4) is 0 Å². The molecule has 3 aromatic heterocycles. The van der Waals surface area contributed by atoms with Crippen molar-refractivity contribution in [1.29, 1.82) is 0 Å². The van der Waals surface area contributed by atoms with E-state index in [0.29, 0.717) is 34.3 Å². The van der Waals surface area contributed by atoms with E-state index in [-0.39, 0.29) is 17.2 Å². The molecule has 28 heavy (non-hydrogen) atoms. The van der Waals surface area contributed by atoms with Gasteiger partial charge in [-0.2, -0.15) is 4.37 Å². The van der Waals surface area contributed by atoms with Crippen molar-refractivity contribution in [3.63, 3.8) is 0 Å². The van der Waals surface area contributed by atoms with Gasteiger partial charge in [-0.25, -0.2) is 19.7 Å². The maximum absolute atomic E-state index is 12.9. The summed E-state index contributed by atoms with van der Waals surface area (Å²) < 4.78 is 7.91. The summed E-state index contributed by atoms with van der Waals surface area (Å²) >= 11 is 2.66. The molecule has 0 N–H and O–H groups in total. The fourth-order valence-corrected chi connectivity index (χ4v) is 4.68. The van der Waals surface area contributed by atoms with Crippen molar-refractivity contribution in [1.82, 2.24) is 28.5 Å². The molecule has 0 amide bonds. The Balaban J connectivity index is 1.94. The standard InChI is InChI=1S/C18H22N6O2S2/c1-5-8-24-14-11(16(25)23(4)18(24)26)15(20-12(19-14)9(2)3)27-17-21-13(22-28-17)10-6-7-10/h9-10H,5-8H2,1-4H3. The van der Waals surface area contributed by atoms with Crippen LogP contribution in [-0.2, 0) is 13.6 Å². The third kappa shape index (κ3) is 3.39. The van der Waals surface area contributed by atoms with Crippen LogP contribution in [0.4, 0.5) is 0 Å². The van der Waals surface area contributed by atoms with Crippen LogP contribution in [0.25, 0.3) is 11.0 Å². The van der Waals surface area contributed by atoms with Gasteiger partial charge in [0, 0.05) is 25.4 Å². The molecule has 1 aliphatic carbocycles. The van der Waals surface area contributed by atoms with Crippen LogP contribution in [0, 0.1) is 0 Å². The molecule has 1 fully saturated rings. The highest BCUT2D eigenvalue weighted by Gasteiger charge is 2.28. The summed E-state index contributed by atoms with van der Waals surface area (Å²) in [6.45, 7) is 6.47. The molecule has 8 nitrogen and oxygen atoms in total. The largest absolute Gasteiger partial charge is 0.332 e. The quantitative estimate of drug-likeness (QED) is 0.568. The summed E-state index contributed by atoms with van der Waals surface area (Å²) in [6, 6.07) is 0. The topological polar surface area (TPSA) is 95.6 Å². The summed E-state index contributed by atoms with van der Waals surface area (Å²) in [4.78, 5) is 39.5. The van der Waals surface area contributed by atoms with Crippen molar-refractivity contribution in [2.45, 2.75) is 67.8 Å². The van der Waals surface area contributed by atoms with E-state index >= 15 is 0 Å². The predicted octanol–water partition coefficient (Wildman–Crippen LogP) is 2.90. The van der Waals surface area contributed by atoms with Crippen LogP contribution < -0.4 is 11.2 Å². The van der Waals surface area contributed by atoms with Crippen molar-refractivity contribution >= 4 is 34.3 Å². The molecule has 4 rings (SSSR count). The first-order valence-electron chi connectivity index (χ1n) is 9.43. The van der Waals surface area contributed by atoms with Crippen molar-refractivity contribution < 1.29 is 0 Å². The molecule has 1 saturated carbocycles. The van der Waals surface area contributed by atoms with Crippen molar-refractivity contribution in [2.75, 3.05) is 0 Å². The molecule has 1 aliphatic rings. The second-order valence-electron chi connectivity index (χ2n) is 7.33. The fourth-order valence-electron chi connectivity index (χ4n) is 2.96. The fraction of sp³-hybridized carbons (Fsp3) is 0.556. The van der Waals surface area contributed by atoms with Gasteiger partial charge >= 0.3 is 5.69 Å². The lowest BCUT2D eigenvalue weighted by molar-refractivity contribution is 0.603. The van der Waals surface area contributed by atoms with E-state index in [1.165, 1.54) is 30.3 Å². The zero-order chi connectivity index (χ0) is 20.0. The number of fused-ring (bicyclic) bond motifs is 1. The highest BCUT2D eigenvalue weighted by molar-refractivity contribution is 8.01. The Hall–Kier alpha value is -2.07. The van der Waals surface area contributed by atoms with Gasteiger partial charge in [-0.05, 0) is 42.6 Å².